The van der Waals surface area contributed by atoms with Crippen molar-refractivity contribution >= 4 is 46.4 Å². The van der Waals surface area contributed by atoms with E-state index in [0.29, 0.717) is 0 Å². The number of rotatable bonds is 4. The van der Waals surface area contributed by atoms with Gasteiger partial charge in [0.1, 0.15) is 0 Å². The van der Waals surface area contributed by atoms with Gasteiger partial charge in [0.05, 0.1) is 22.8 Å². The van der Waals surface area contributed by atoms with Crippen molar-refractivity contribution < 1.29 is 19.5 Å². The predicted octanol–water partition coefficient (Wildman–Crippen LogP) is 12.4. The molecule has 4 nitrogen and oxygen atoms in total. The summed E-state index contributed by atoms with van der Waals surface area (Å²) in [5.41, 5.74) is 23.2. The Morgan fingerprint density at radius 1 is 0.390 bits per heavy atom. The van der Waals surface area contributed by atoms with Crippen molar-refractivity contribution in [3.8, 4) is 69.2 Å². The molecule has 0 N–H and O–H groups in total. The quantitative estimate of drug-likeness (QED) is 0.131. The molecule has 4 aromatic carbocycles. The van der Waals surface area contributed by atoms with E-state index in [4.69, 9.17) is 32.8 Å². The summed E-state index contributed by atoms with van der Waals surface area (Å²) in [7, 11) is 0. The third-order valence-electron chi connectivity index (χ3n) is 11.1. The number of terminal acetylenes is 2. The Kier molecular flexibility index (Phi) is 10.3. The zero-order valence-corrected chi connectivity index (χ0v) is 37.2. The Bertz CT molecular complexity index is 2910. The van der Waals surface area contributed by atoms with Crippen LogP contribution < -0.4 is 9.97 Å². The van der Waals surface area contributed by atoms with Crippen LogP contribution in [0.4, 0.5) is 0 Å². The molecular weight excluding hydrogens is 770 g/mol. The second-order valence-electron chi connectivity index (χ2n) is 15.4. The predicted molar refractivity (Wildman–Crippen MR) is 243 cm³/mol. The molecular formula is C54H40N4Zn. The molecule has 0 aliphatic carbocycles. The van der Waals surface area contributed by atoms with Gasteiger partial charge in [0.15, 0.2) is 0 Å². The van der Waals surface area contributed by atoms with Gasteiger partial charge < -0.3 is 9.97 Å². The fraction of sp³-hybridized carbons (Fsp3) is 0.111. The minimum absolute atomic E-state index is 0. The summed E-state index contributed by atoms with van der Waals surface area (Å²) < 4.78 is 0. The molecule has 0 atom stereocenters. The van der Waals surface area contributed by atoms with Crippen LogP contribution >= 0.6 is 0 Å². The molecule has 7 aromatic rings. The molecule has 8 bridgehead atoms. The molecule has 59 heavy (non-hydrogen) atoms. The molecule has 5 heteroatoms. The van der Waals surface area contributed by atoms with E-state index in [9.17, 15) is 0 Å². The van der Waals surface area contributed by atoms with Crippen molar-refractivity contribution in [1.82, 2.24) is 19.9 Å². The summed E-state index contributed by atoms with van der Waals surface area (Å²) in [6.45, 7) is 12.9. The molecule has 278 valence electrons. The van der Waals surface area contributed by atoms with Crippen LogP contribution in [0.1, 0.15) is 67.3 Å². The molecule has 0 amide bonds. The average molecular weight is 810 g/mol. The number of hydrogen-bond donors (Lipinski definition) is 0. The summed E-state index contributed by atoms with van der Waals surface area (Å²) in [5.74, 6) is 5.53. The number of aryl methyl sites for hydroxylation is 6. The molecule has 0 unspecified atom stereocenters. The van der Waals surface area contributed by atoms with Crippen molar-refractivity contribution in [2.45, 2.75) is 41.5 Å². The van der Waals surface area contributed by atoms with Crippen molar-refractivity contribution in [3.05, 3.63) is 164 Å². The maximum atomic E-state index is 5.80. The van der Waals surface area contributed by atoms with Crippen LogP contribution in [0.25, 0.3) is 90.9 Å². The molecule has 5 heterocycles. The van der Waals surface area contributed by atoms with Crippen LogP contribution in [0.15, 0.2) is 97.1 Å². The van der Waals surface area contributed by atoms with Gasteiger partial charge in [-0.05, 0) is 157 Å². The summed E-state index contributed by atoms with van der Waals surface area (Å²) in [6, 6.07) is 33.5. The van der Waals surface area contributed by atoms with Gasteiger partial charge in [0.2, 0.25) is 0 Å². The van der Waals surface area contributed by atoms with Gasteiger partial charge >= 0.3 is 19.5 Å². The molecule has 0 spiro atoms. The van der Waals surface area contributed by atoms with Gasteiger partial charge in [-0.15, -0.1) is 34.9 Å². The molecule has 0 radical (unpaired) electrons. The standard InChI is InChI=1S/C54H40N4.Zn/c1-9-37-11-15-39(16-12-37)51-41-19-23-45(55-41)53(49-33(5)27-31(3)28-34(49)6)47-25-21-43(57-47)52(40-17-13-38(10-2)14-18-40)44-22-26-48(58-44)54(46-24-20-42(51)56-46)50-35(7)29-32(4)30-36(50)8;/h1-2,11-30H,3-8H3;/q-2;+2. The number of aromatic nitrogens is 4. The van der Waals surface area contributed by atoms with Crippen LogP contribution in [0.3, 0.4) is 0 Å². The number of hydrogen-bond acceptors (Lipinski definition) is 2. The van der Waals surface area contributed by atoms with E-state index >= 15 is 0 Å². The number of nitrogens with zero attached hydrogens (tertiary/aromatic N) is 4. The van der Waals surface area contributed by atoms with Gasteiger partial charge in [-0.1, -0.05) is 95.8 Å². The summed E-state index contributed by atoms with van der Waals surface area (Å²) in [5, 5.41) is 0. The van der Waals surface area contributed by atoms with E-state index < -0.39 is 0 Å². The largest absolute Gasteiger partial charge is 2.00 e. The van der Waals surface area contributed by atoms with Crippen molar-refractivity contribution in [3.63, 3.8) is 0 Å². The molecule has 3 aromatic heterocycles. The smallest absolute Gasteiger partial charge is 0.657 e. The van der Waals surface area contributed by atoms with E-state index in [-0.39, 0.29) is 19.5 Å². The summed E-state index contributed by atoms with van der Waals surface area (Å²) >= 11 is 0. The van der Waals surface area contributed by atoms with Crippen LogP contribution in [0.5, 0.6) is 0 Å². The second kappa shape index (κ2) is 15.5. The van der Waals surface area contributed by atoms with Gasteiger partial charge in [-0.25, -0.2) is 9.97 Å². The van der Waals surface area contributed by atoms with E-state index in [1.54, 1.807) is 0 Å². The third-order valence-corrected chi connectivity index (χ3v) is 11.1. The zero-order chi connectivity index (χ0) is 40.2. The van der Waals surface area contributed by atoms with Crippen LogP contribution in [-0.4, -0.2) is 9.97 Å². The maximum Gasteiger partial charge on any atom is 2.00 e. The van der Waals surface area contributed by atoms with Gasteiger partial charge in [-0.3, -0.25) is 0 Å². The summed E-state index contributed by atoms with van der Waals surface area (Å²) in [4.78, 5) is 21.8. The Morgan fingerprint density at radius 3 is 0.983 bits per heavy atom. The molecule has 0 fully saturated rings. The van der Waals surface area contributed by atoms with Gasteiger partial charge in [0.25, 0.3) is 0 Å². The van der Waals surface area contributed by atoms with Gasteiger partial charge in [-0.2, -0.15) is 0 Å². The Morgan fingerprint density at radius 2 is 0.678 bits per heavy atom. The van der Waals surface area contributed by atoms with Crippen LogP contribution in [-0.2, 0) is 19.5 Å². The topological polar surface area (TPSA) is 54.0 Å². The van der Waals surface area contributed by atoms with Crippen molar-refractivity contribution in [2.24, 2.45) is 0 Å². The Labute approximate surface area is 359 Å². The van der Waals surface area contributed by atoms with E-state index in [2.05, 4.69) is 150 Å². The normalized spacial score (nSPS) is 11.6. The Hall–Kier alpha value is -6.78. The van der Waals surface area contributed by atoms with Crippen LogP contribution in [0.2, 0.25) is 0 Å². The zero-order valence-electron chi connectivity index (χ0n) is 34.2. The molecule has 2 aliphatic heterocycles. The first-order chi connectivity index (χ1) is 28.1. The fourth-order valence-corrected chi connectivity index (χ4v) is 8.81. The average Bonchev–Trinajstić information content (AvgIpc) is 4.05. The second-order valence-corrected chi connectivity index (χ2v) is 15.4. The van der Waals surface area contributed by atoms with E-state index in [1.807, 2.05) is 24.3 Å². The van der Waals surface area contributed by atoms with Crippen molar-refractivity contribution in [2.75, 3.05) is 0 Å². The first kappa shape index (κ1) is 39.1. The fourth-order valence-electron chi connectivity index (χ4n) is 8.81. The first-order valence-corrected chi connectivity index (χ1v) is 19.5. The Balaban J connectivity index is 0.00000484. The number of benzene rings is 4. The van der Waals surface area contributed by atoms with Gasteiger partial charge in [0, 0.05) is 11.1 Å². The number of fused-ring (bicyclic) bond motifs is 8. The molecule has 2 aliphatic rings. The van der Waals surface area contributed by atoms with E-state index in [0.717, 1.165) is 123 Å². The molecule has 0 saturated heterocycles. The monoisotopic (exact) mass is 808 g/mol. The minimum Gasteiger partial charge on any atom is -0.657 e. The first-order valence-electron chi connectivity index (χ1n) is 19.5. The minimum atomic E-state index is 0. The third kappa shape index (κ3) is 6.99. The molecule has 9 rings (SSSR count). The van der Waals surface area contributed by atoms with Crippen LogP contribution in [0, 0.1) is 66.2 Å². The maximum absolute atomic E-state index is 5.80. The molecule has 0 saturated carbocycles. The van der Waals surface area contributed by atoms with E-state index in [1.165, 1.54) is 11.1 Å². The SMILES string of the molecule is C#Cc1ccc(-c2c3nc(c(-c4c(C)cc(C)cc4C)c4ccc([n-]4)c(-c4ccc(C#C)cc4)c4nc(c(-c5c(C)cc(C)cc5C)c5ccc2[n-]5)C=C4)C=C3)cc1.[Zn+2]. The summed E-state index contributed by atoms with van der Waals surface area (Å²) in [6.07, 6.45) is 20.0. The van der Waals surface area contributed by atoms with Crippen molar-refractivity contribution in [1.29, 1.82) is 0 Å².